The lowest BCUT2D eigenvalue weighted by Crippen LogP contribution is -2.15. The second kappa shape index (κ2) is 2.77. The van der Waals surface area contributed by atoms with Gasteiger partial charge in [0.1, 0.15) is 0 Å². The molecule has 0 fully saturated rings. The molecule has 0 saturated carbocycles. The van der Waals surface area contributed by atoms with Gasteiger partial charge in [-0.25, -0.2) is 0 Å². The number of hydrogen-bond donors (Lipinski definition) is 0. The molecule has 1 unspecified atom stereocenters. The number of halogens is 1. The summed E-state index contributed by atoms with van der Waals surface area (Å²) in [6, 6.07) is 0. The van der Waals surface area contributed by atoms with Crippen LogP contribution in [0.3, 0.4) is 0 Å². The zero-order chi connectivity index (χ0) is 6.78. The van der Waals surface area contributed by atoms with Crippen LogP contribution in [-0.4, -0.2) is 13.7 Å². The van der Waals surface area contributed by atoms with E-state index in [1.807, 2.05) is 20.8 Å². The molecule has 0 nitrogen and oxygen atoms in total. The second-order valence-electron chi connectivity index (χ2n) is 2.88. The molecule has 2 heteroatoms. The molecule has 8 heavy (non-hydrogen) atoms. The Morgan fingerprint density at radius 1 is 1.62 bits per heavy atom. The summed E-state index contributed by atoms with van der Waals surface area (Å²) in [4.78, 5) is 0. The highest BCUT2D eigenvalue weighted by Crippen LogP contribution is 2.30. The monoisotopic (exact) mass is 130 g/mol. The van der Waals surface area contributed by atoms with Crippen molar-refractivity contribution in [2.24, 2.45) is 5.92 Å². The van der Waals surface area contributed by atoms with Crippen molar-refractivity contribution in [1.29, 1.82) is 0 Å². The van der Waals surface area contributed by atoms with Crippen molar-refractivity contribution in [3.63, 3.8) is 0 Å². The molecule has 0 heterocycles. The Morgan fingerprint density at radius 2 is 2.00 bits per heavy atom. The van der Waals surface area contributed by atoms with Crippen LogP contribution in [0.2, 0.25) is 5.31 Å². The predicted octanol–water partition coefficient (Wildman–Crippen LogP) is 2.23. The van der Waals surface area contributed by atoms with Crippen LogP contribution in [0.15, 0.2) is 0 Å². The molecule has 2 radical (unpaired) electrons. The molecule has 0 amide bonds. The highest BCUT2D eigenvalue weighted by molar-refractivity contribution is 6.20. The Bertz CT molecular complexity index is 65.4. The predicted molar refractivity (Wildman–Crippen MR) is 39.7 cm³/mol. The summed E-state index contributed by atoms with van der Waals surface area (Å²) in [6.45, 7) is 6.02. The summed E-state index contributed by atoms with van der Waals surface area (Å²) in [5.74, 6) is 1.04. The van der Waals surface area contributed by atoms with Crippen molar-refractivity contribution in [2.75, 3.05) is 5.88 Å². The number of rotatable bonds is 2. The minimum Gasteiger partial charge on any atom is -0.126 e. The first-order chi connectivity index (χ1) is 3.48. The third-order valence-electron chi connectivity index (χ3n) is 1.50. The molecule has 0 aromatic carbocycles. The van der Waals surface area contributed by atoms with E-state index in [9.17, 15) is 0 Å². The van der Waals surface area contributed by atoms with Gasteiger partial charge in [0, 0.05) is 5.88 Å². The summed E-state index contributed by atoms with van der Waals surface area (Å²) in [7, 11) is 5.71. The third kappa shape index (κ3) is 2.61. The van der Waals surface area contributed by atoms with Gasteiger partial charge in [-0.05, 0) is 5.92 Å². The molecular weight excluding hydrogens is 118 g/mol. The van der Waals surface area contributed by atoms with Gasteiger partial charge in [0.05, 0.1) is 7.85 Å². The van der Waals surface area contributed by atoms with Gasteiger partial charge in [0.25, 0.3) is 0 Å². The Kier molecular flexibility index (Phi) is 2.89. The van der Waals surface area contributed by atoms with E-state index in [2.05, 4.69) is 0 Å². The lowest BCUT2D eigenvalue weighted by atomic mass is 9.65. The number of hydrogen-bond acceptors (Lipinski definition) is 0. The summed E-state index contributed by atoms with van der Waals surface area (Å²) in [6.07, 6.45) is 0. The van der Waals surface area contributed by atoms with Crippen molar-refractivity contribution in [3.8, 4) is 0 Å². The minimum absolute atomic E-state index is 0.123. The average Bonchev–Trinajstić information content (AvgIpc) is 1.62. The van der Waals surface area contributed by atoms with Crippen LogP contribution in [0.25, 0.3) is 0 Å². The van der Waals surface area contributed by atoms with E-state index in [4.69, 9.17) is 19.4 Å². The summed E-state index contributed by atoms with van der Waals surface area (Å²) in [5, 5.41) is -0.123. The van der Waals surface area contributed by atoms with Gasteiger partial charge < -0.3 is 0 Å². The van der Waals surface area contributed by atoms with Gasteiger partial charge in [0.15, 0.2) is 0 Å². The Labute approximate surface area is 58.0 Å². The standard InChI is InChI=1S/C6H12BCl/c1-5(4-8)6(2,3)7/h5H,4H2,1-3H3. The molecule has 0 aliphatic rings. The first-order valence-corrected chi connectivity index (χ1v) is 3.36. The fourth-order valence-electron chi connectivity index (χ4n) is 0.199. The van der Waals surface area contributed by atoms with E-state index in [0.717, 1.165) is 0 Å². The van der Waals surface area contributed by atoms with Gasteiger partial charge in [0.2, 0.25) is 0 Å². The maximum atomic E-state index is 5.71. The van der Waals surface area contributed by atoms with Crippen molar-refractivity contribution in [3.05, 3.63) is 0 Å². The molecular formula is C6H12BCl. The largest absolute Gasteiger partial charge is 0.126 e. The Hall–Kier alpha value is 0.355. The molecule has 0 aliphatic heterocycles. The van der Waals surface area contributed by atoms with Gasteiger partial charge >= 0.3 is 0 Å². The van der Waals surface area contributed by atoms with E-state index >= 15 is 0 Å². The fraction of sp³-hybridized carbons (Fsp3) is 1.00. The molecule has 0 aliphatic carbocycles. The summed E-state index contributed by atoms with van der Waals surface area (Å²) >= 11 is 5.56. The minimum atomic E-state index is -0.123. The lowest BCUT2D eigenvalue weighted by molar-refractivity contribution is 0.486. The van der Waals surface area contributed by atoms with E-state index in [-0.39, 0.29) is 5.31 Å². The van der Waals surface area contributed by atoms with E-state index in [1.54, 1.807) is 0 Å². The normalized spacial score (nSPS) is 16.0. The van der Waals surface area contributed by atoms with E-state index in [0.29, 0.717) is 11.8 Å². The van der Waals surface area contributed by atoms with Crippen molar-refractivity contribution < 1.29 is 0 Å². The fourth-order valence-corrected chi connectivity index (χ4v) is 0.597. The van der Waals surface area contributed by atoms with E-state index in [1.165, 1.54) is 0 Å². The SMILES string of the molecule is [B]C(C)(C)C(C)CCl. The van der Waals surface area contributed by atoms with Crippen molar-refractivity contribution in [1.82, 2.24) is 0 Å². The van der Waals surface area contributed by atoms with Crippen LogP contribution >= 0.6 is 11.6 Å². The molecule has 0 saturated heterocycles. The Morgan fingerprint density at radius 3 is 2.00 bits per heavy atom. The van der Waals surface area contributed by atoms with Gasteiger partial charge in [-0.2, -0.15) is 0 Å². The molecule has 46 valence electrons. The van der Waals surface area contributed by atoms with Crippen LogP contribution < -0.4 is 0 Å². The third-order valence-corrected chi connectivity index (χ3v) is 1.96. The van der Waals surface area contributed by atoms with Crippen LogP contribution in [0.5, 0.6) is 0 Å². The highest BCUT2D eigenvalue weighted by atomic mass is 35.5. The zero-order valence-corrected chi connectivity index (χ0v) is 6.50. The summed E-state index contributed by atoms with van der Waals surface area (Å²) in [5.41, 5.74) is 0. The number of alkyl halides is 1. The molecule has 0 aromatic rings. The van der Waals surface area contributed by atoms with Crippen molar-refractivity contribution in [2.45, 2.75) is 26.1 Å². The second-order valence-corrected chi connectivity index (χ2v) is 3.19. The Balaban J connectivity index is 3.62. The first kappa shape index (κ1) is 8.35. The quantitative estimate of drug-likeness (QED) is 0.397. The molecule has 1 atom stereocenters. The zero-order valence-electron chi connectivity index (χ0n) is 5.74. The van der Waals surface area contributed by atoms with Crippen LogP contribution in [0, 0.1) is 5.92 Å². The highest BCUT2D eigenvalue weighted by Gasteiger charge is 2.17. The first-order valence-electron chi connectivity index (χ1n) is 2.83. The van der Waals surface area contributed by atoms with Gasteiger partial charge in [-0.1, -0.05) is 26.1 Å². The van der Waals surface area contributed by atoms with Gasteiger partial charge in [-0.3, -0.25) is 0 Å². The van der Waals surface area contributed by atoms with E-state index < -0.39 is 0 Å². The average molecular weight is 130 g/mol. The van der Waals surface area contributed by atoms with Crippen LogP contribution in [-0.2, 0) is 0 Å². The molecule has 0 rings (SSSR count). The smallest absolute Gasteiger partial charge is 0.0742 e. The van der Waals surface area contributed by atoms with Gasteiger partial charge in [-0.15, -0.1) is 11.6 Å². The summed E-state index contributed by atoms with van der Waals surface area (Å²) < 4.78 is 0. The maximum absolute atomic E-state index is 5.71. The van der Waals surface area contributed by atoms with Crippen LogP contribution in [0.4, 0.5) is 0 Å². The molecule has 0 N–H and O–H groups in total. The van der Waals surface area contributed by atoms with Crippen molar-refractivity contribution >= 4 is 19.4 Å². The molecule has 0 bridgehead atoms. The van der Waals surface area contributed by atoms with Crippen LogP contribution in [0.1, 0.15) is 20.8 Å². The maximum Gasteiger partial charge on any atom is 0.0742 e. The molecule has 0 aromatic heterocycles. The topological polar surface area (TPSA) is 0 Å². The lowest BCUT2D eigenvalue weighted by Gasteiger charge is -2.25. The molecule has 0 spiro atoms.